The zero-order chi connectivity index (χ0) is 11.1. The second-order valence-electron chi connectivity index (χ2n) is 3.58. The molecule has 6 heteroatoms. The van der Waals surface area contributed by atoms with E-state index in [9.17, 15) is 9.32 Å². The summed E-state index contributed by atoms with van der Waals surface area (Å²) in [6.07, 6.45) is 0. The maximum Gasteiger partial charge on any atom is 0.166 e. The highest BCUT2D eigenvalue weighted by atomic mass is 35.7. The van der Waals surface area contributed by atoms with E-state index >= 15 is 0 Å². The van der Waals surface area contributed by atoms with Crippen molar-refractivity contribution in [3.05, 3.63) is 16.5 Å². The SMILES string of the molecule is Cc1sc(S(=N)(=O)Cl)cc1C(C)(C)O. The Hall–Kier alpha value is -0.100. The van der Waals surface area contributed by atoms with Crippen molar-refractivity contribution in [2.75, 3.05) is 0 Å². The molecular weight excluding hydrogens is 242 g/mol. The van der Waals surface area contributed by atoms with Crippen molar-refractivity contribution < 1.29 is 9.32 Å². The minimum absolute atomic E-state index is 0.300. The first-order valence-corrected chi connectivity index (χ1v) is 7.14. The zero-order valence-corrected chi connectivity index (χ0v) is 10.5. The Bertz CT molecular complexity index is 442. The van der Waals surface area contributed by atoms with Crippen LogP contribution < -0.4 is 0 Å². The molecule has 14 heavy (non-hydrogen) atoms. The molecule has 0 aliphatic carbocycles. The molecule has 0 saturated heterocycles. The third kappa shape index (κ3) is 2.48. The molecule has 0 fully saturated rings. The number of hydrogen-bond acceptors (Lipinski definition) is 4. The molecular formula is C8H12ClNO2S2. The van der Waals surface area contributed by atoms with Gasteiger partial charge in [-0.15, -0.1) is 11.3 Å². The summed E-state index contributed by atoms with van der Waals surface area (Å²) in [6.45, 7) is 5.10. The third-order valence-electron chi connectivity index (χ3n) is 1.81. The normalized spacial score (nSPS) is 16.6. The lowest BCUT2D eigenvalue weighted by Gasteiger charge is -2.16. The van der Waals surface area contributed by atoms with Gasteiger partial charge in [0, 0.05) is 15.6 Å². The number of thiophene rings is 1. The van der Waals surface area contributed by atoms with Crippen LogP contribution in [0.2, 0.25) is 0 Å². The first kappa shape index (κ1) is 12.0. The first-order valence-electron chi connectivity index (χ1n) is 3.94. The topological polar surface area (TPSA) is 61.2 Å². The highest BCUT2D eigenvalue weighted by molar-refractivity contribution is 8.15. The van der Waals surface area contributed by atoms with E-state index in [1.165, 1.54) is 11.3 Å². The molecule has 0 saturated carbocycles. The summed E-state index contributed by atoms with van der Waals surface area (Å²) in [6, 6.07) is 1.54. The second kappa shape index (κ2) is 3.48. The molecule has 0 aliphatic rings. The third-order valence-corrected chi connectivity index (χ3v) is 5.02. The standard InChI is InChI=1S/C8H12ClNO2S2/c1-5-6(8(2,3)11)4-7(13-5)14(9,10)12/h4,10-11H,1-3H3. The van der Waals surface area contributed by atoms with Gasteiger partial charge in [-0.25, -0.2) is 8.99 Å². The molecule has 0 spiro atoms. The molecule has 0 radical (unpaired) electrons. The van der Waals surface area contributed by atoms with Crippen molar-refractivity contribution >= 4 is 31.0 Å². The molecule has 1 unspecified atom stereocenters. The van der Waals surface area contributed by atoms with E-state index < -0.39 is 14.5 Å². The van der Waals surface area contributed by atoms with Crippen LogP contribution in [0, 0.1) is 11.7 Å². The molecule has 1 rings (SSSR count). The molecule has 0 bridgehead atoms. The molecule has 1 heterocycles. The second-order valence-corrected chi connectivity index (χ2v) is 7.81. The van der Waals surface area contributed by atoms with Gasteiger partial charge in [-0.05, 0) is 32.4 Å². The molecule has 1 aromatic heterocycles. The molecule has 1 aromatic rings. The molecule has 0 aromatic carbocycles. The van der Waals surface area contributed by atoms with Crippen LogP contribution in [0.3, 0.4) is 0 Å². The fourth-order valence-corrected chi connectivity index (χ4v) is 3.58. The van der Waals surface area contributed by atoms with Crippen LogP contribution in [-0.4, -0.2) is 9.32 Å². The maximum atomic E-state index is 11.2. The molecule has 3 nitrogen and oxygen atoms in total. The first-order chi connectivity index (χ1) is 6.12. The van der Waals surface area contributed by atoms with Crippen molar-refractivity contribution in [1.29, 1.82) is 4.78 Å². The quantitative estimate of drug-likeness (QED) is 0.797. The van der Waals surface area contributed by atoms with E-state index in [-0.39, 0.29) is 0 Å². The van der Waals surface area contributed by atoms with E-state index in [2.05, 4.69) is 0 Å². The number of hydrogen-bond donors (Lipinski definition) is 2. The Morgan fingerprint density at radius 2 is 2.14 bits per heavy atom. The van der Waals surface area contributed by atoms with E-state index in [4.69, 9.17) is 15.5 Å². The van der Waals surface area contributed by atoms with Gasteiger partial charge in [0.1, 0.15) is 4.21 Å². The molecule has 0 amide bonds. The average Bonchev–Trinajstić information content (AvgIpc) is 2.27. The predicted octanol–water partition coefficient (Wildman–Crippen LogP) is 2.84. The van der Waals surface area contributed by atoms with E-state index in [0.29, 0.717) is 9.77 Å². The highest BCUT2D eigenvalue weighted by Gasteiger charge is 2.23. The summed E-state index contributed by atoms with van der Waals surface area (Å²) in [4.78, 5) is 0.841. The van der Waals surface area contributed by atoms with Crippen LogP contribution in [0.15, 0.2) is 10.3 Å². The van der Waals surface area contributed by atoms with Gasteiger partial charge in [-0.2, -0.15) is 0 Å². The van der Waals surface area contributed by atoms with Crippen LogP contribution in [-0.2, 0) is 14.5 Å². The smallest absolute Gasteiger partial charge is 0.166 e. The number of aryl methyl sites for hydroxylation is 1. The minimum atomic E-state index is -3.19. The van der Waals surface area contributed by atoms with Crippen molar-refractivity contribution in [3.8, 4) is 0 Å². The predicted molar refractivity (Wildman–Crippen MR) is 59.3 cm³/mol. The van der Waals surface area contributed by atoms with Crippen LogP contribution >= 0.6 is 22.0 Å². The molecule has 1 atom stereocenters. The number of aliphatic hydroxyl groups is 1. The largest absolute Gasteiger partial charge is 0.386 e. The van der Waals surface area contributed by atoms with Crippen molar-refractivity contribution in [2.24, 2.45) is 0 Å². The fourth-order valence-electron chi connectivity index (χ4n) is 1.19. The van der Waals surface area contributed by atoms with Crippen LogP contribution in [0.4, 0.5) is 0 Å². The van der Waals surface area contributed by atoms with Gasteiger partial charge in [0.15, 0.2) is 8.94 Å². The summed E-state index contributed by atoms with van der Waals surface area (Å²) in [5.74, 6) is 0. The monoisotopic (exact) mass is 253 g/mol. The van der Waals surface area contributed by atoms with Crippen LogP contribution in [0.25, 0.3) is 0 Å². The summed E-state index contributed by atoms with van der Waals surface area (Å²) >= 11 is 1.19. The molecule has 0 aliphatic heterocycles. The zero-order valence-electron chi connectivity index (χ0n) is 8.13. The van der Waals surface area contributed by atoms with Gasteiger partial charge in [-0.3, -0.25) is 0 Å². The van der Waals surface area contributed by atoms with E-state index in [1.807, 2.05) is 6.92 Å². The number of nitrogens with one attached hydrogen (secondary N) is 1. The van der Waals surface area contributed by atoms with E-state index in [0.717, 1.165) is 4.88 Å². The Morgan fingerprint density at radius 1 is 1.64 bits per heavy atom. The summed E-state index contributed by atoms with van der Waals surface area (Å²) in [5, 5.41) is 9.76. The Balaban J connectivity index is 3.33. The summed E-state index contributed by atoms with van der Waals surface area (Å²) in [7, 11) is 2.23. The van der Waals surface area contributed by atoms with Gasteiger partial charge in [0.05, 0.1) is 5.60 Å². The highest BCUT2D eigenvalue weighted by Crippen LogP contribution is 2.34. The lowest BCUT2D eigenvalue weighted by Crippen LogP contribution is -2.15. The summed E-state index contributed by atoms with van der Waals surface area (Å²) < 4.78 is 18.8. The van der Waals surface area contributed by atoms with Crippen molar-refractivity contribution in [1.82, 2.24) is 0 Å². The van der Waals surface area contributed by atoms with Gasteiger partial charge in [0.25, 0.3) is 0 Å². The van der Waals surface area contributed by atoms with Crippen molar-refractivity contribution in [3.63, 3.8) is 0 Å². The van der Waals surface area contributed by atoms with Gasteiger partial charge in [0.2, 0.25) is 0 Å². The number of halogens is 1. The van der Waals surface area contributed by atoms with Gasteiger partial charge < -0.3 is 5.11 Å². The molecule has 80 valence electrons. The Kier molecular flexibility index (Phi) is 2.98. The van der Waals surface area contributed by atoms with Gasteiger partial charge in [-0.1, -0.05) is 0 Å². The van der Waals surface area contributed by atoms with Crippen molar-refractivity contribution in [2.45, 2.75) is 30.6 Å². The number of rotatable bonds is 2. The Morgan fingerprint density at radius 3 is 2.36 bits per heavy atom. The van der Waals surface area contributed by atoms with Crippen LogP contribution in [0.1, 0.15) is 24.3 Å². The van der Waals surface area contributed by atoms with Crippen LogP contribution in [0.5, 0.6) is 0 Å². The average molecular weight is 254 g/mol. The molecule has 2 N–H and O–H groups in total. The van der Waals surface area contributed by atoms with E-state index in [1.54, 1.807) is 19.9 Å². The minimum Gasteiger partial charge on any atom is -0.386 e. The lowest BCUT2D eigenvalue weighted by atomic mass is 10.00. The lowest BCUT2D eigenvalue weighted by molar-refractivity contribution is 0.0783. The summed E-state index contributed by atoms with van der Waals surface area (Å²) in [5.41, 5.74) is -0.307. The Labute approximate surface area is 92.2 Å². The fraction of sp³-hybridized carbons (Fsp3) is 0.500. The maximum absolute atomic E-state index is 11.2. The van der Waals surface area contributed by atoms with Gasteiger partial charge >= 0.3 is 0 Å².